The second kappa shape index (κ2) is 6.06. The summed E-state index contributed by atoms with van der Waals surface area (Å²) in [5.74, 6) is 0. The Labute approximate surface area is 59.4 Å². The zero-order valence-electron chi connectivity index (χ0n) is 4.43. The smallest absolute Gasteiger partial charge is 0.231 e. The minimum Gasteiger partial charge on any atom is -0.231 e. The molecule has 0 aromatic carbocycles. The minimum atomic E-state index is -1.39. The van der Waals surface area contributed by atoms with Gasteiger partial charge in [0.15, 0.2) is 0 Å². The van der Waals surface area contributed by atoms with Crippen molar-refractivity contribution < 1.29 is 9.56 Å². The van der Waals surface area contributed by atoms with E-state index < -0.39 is 6.85 Å². The van der Waals surface area contributed by atoms with Crippen LogP contribution in [0.25, 0.3) is 0 Å². The molecule has 0 saturated heterocycles. The van der Waals surface area contributed by atoms with Gasteiger partial charge in [-0.1, -0.05) is 6.92 Å². The van der Waals surface area contributed by atoms with Crippen LogP contribution >= 0.6 is 29.3 Å². The Hall–Kier alpha value is 0.930. The molecule has 50 valence electrons. The Balaban J connectivity index is 2.72. The third kappa shape index (κ3) is 6.93. The molecule has 0 fully saturated rings. The van der Waals surface area contributed by atoms with Crippen molar-refractivity contribution in [3.8, 4) is 0 Å². The summed E-state index contributed by atoms with van der Waals surface area (Å²) >= 11 is 10.4. The van der Waals surface area contributed by atoms with Crippen LogP contribution in [-0.4, -0.2) is 6.61 Å². The van der Waals surface area contributed by atoms with Crippen LogP contribution in [-0.2, 0) is 9.56 Å². The lowest BCUT2D eigenvalue weighted by molar-refractivity contribution is -0.195. The van der Waals surface area contributed by atoms with Gasteiger partial charge in [0, 0.05) is 0 Å². The van der Waals surface area contributed by atoms with Crippen molar-refractivity contribution in [2.75, 3.05) is 6.61 Å². The molecule has 0 saturated carbocycles. The van der Waals surface area contributed by atoms with Crippen LogP contribution in [0.5, 0.6) is 0 Å². The highest BCUT2D eigenvalue weighted by Crippen LogP contribution is 2.47. The molecule has 0 bridgehead atoms. The highest BCUT2D eigenvalue weighted by Gasteiger charge is 1.97. The van der Waals surface area contributed by atoms with Gasteiger partial charge >= 0.3 is 0 Å². The van der Waals surface area contributed by atoms with E-state index in [-0.39, 0.29) is 0 Å². The molecule has 0 N–H and O–H groups in total. The van der Waals surface area contributed by atoms with Gasteiger partial charge in [-0.05, 0) is 28.9 Å². The third-order valence-electron chi connectivity index (χ3n) is 0.397. The molecule has 0 amide bonds. The number of hydrogen-bond acceptors (Lipinski definition) is 2. The van der Waals surface area contributed by atoms with Gasteiger partial charge in [0.2, 0.25) is 0 Å². The topological polar surface area (TPSA) is 18.5 Å². The van der Waals surface area contributed by atoms with E-state index in [9.17, 15) is 0 Å². The van der Waals surface area contributed by atoms with Crippen molar-refractivity contribution in [2.45, 2.75) is 13.3 Å². The Kier molecular flexibility index (Phi) is 6.76. The Morgan fingerprint density at radius 3 is 2.50 bits per heavy atom. The fourth-order valence-electron chi connectivity index (χ4n) is 0.160. The third-order valence-corrected chi connectivity index (χ3v) is 0.953. The molecule has 0 aliphatic heterocycles. The Bertz CT molecular complexity index is 52.5. The molecule has 5 heteroatoms. The standard InChI is InChI=1S/C3H7Cl2O2P/c1-2-3-6-7-8(4)5/h2-3H2,1H3. The molecule has 0 unspecified atom stereocenters. The highest BCUT2D eigenvalue weighted by atomic mass is 35.9. The van der Waals surface area contributed by atoms with Crippen LogP contribution < -0.4 is 0 Å². The van der Waals surface area contributed by atoms with Crippen LogP contribution in [0.2, 0.25) is 0 Å². The van der Waals surface area contributed by atoms with Crippen molar-refractivity contribution in [1.82, 2.24) is 0 Å². The molecule has 0 atom stereocenters. The molecule has 0 aromatic rings. The SMILES string of the molecule is CCCOOP(Cl)Cl. The summed E-state index contributed by atoms with van der Waals surface area (Å²) in [6, 6.07) is 0. The van der Waals surface area contributed by atoms with E-state index in [1.54, 1.807) is 0 Å². The van der Waals surface area contributed by atoms with Crippen LogP contribution in [0.4, 0.5) is 0 Å². The Morgan fingerprint density at radius 2 is 2.12 bits per heavy atom. The summed E-state index contributed by atoms with van der Waals surface area (Å²) in [4.78, 5) is 4.51. The van der Waals surface area contributed by atoms with E-state index in [0.29, 0.717) is 6.61 Å². The molecule has 0 spiro atoms. The highest BCUT2D eigenvalue weighted by molar-refractivity contribution is 8.00. The van der Waals surface area contributed by atoms with Crippen molar-refractivity contribution in [3.05, 3.63) is 0 Å². The quantitative estimate of drug-likeness (QED) is 0.284. The van der Waals surface area contributed by atoms with Crippen LogP contribution in [0.3, 0.4) is 0 Å². The number of hydrogen-bond donors (Lipinski definition) is 0. The largest absolute Gasteiger partial charge is 0.262 e. The molecule has 0 heterocycles. The van der Waals surface area contributed by atoms with Crippen LogP contribution in [0.15, 0.2) is 0 Å². The monoisotopic (exact) mass is 176 g/mol. The van der Waals surface area contributed by atoms with E-state index in [0.717, 1.165) is 6.42 Å². The van der Waals surface area contributed by atoms with Crippen molar-refractivity contribution in [1.29, 1.82) is 0 Å². The summed E-state index contributed by atoms with van der Waals surface area (Å²) in [5, 5.41) is 0. The summed E-state index contributed by atoms with van der Waals surface area (Å²) < 4.78 is 4.38. The average molecular weight is 177 g/mol. The lowest BCUT2D eigenvalue weighted by Crippen LogP contribution is -1.86. The summed E-state index contributed by atoms with van der Waals surface area (Å²) in [7, 11) is 0. The predicted molar refractivity (Wildman–Crippen MR) is 36.0 cm³/mol. The molecule has 0 rings (SSSR count). The molecule has 2 nitrogen and oxygen atoms in total. The first-order valence-corrected chi connectivity index (χ1v) is 5.25. The normalized spacial score (nSPS) is 10.5. The first kappa shape index (κ1) is 8.93. The van der Waals surface area contributed by atoms with Gasteiger partial charge in [0.05, 0.1) is 6.61 Å². The van der Waals surface area contributed by atoms with E-state index in [2.05, 4.69) is 9.56 Å². The first-order valence-electron chi connectivity index (χ1n) is 2.18. The molecule has 0 aromatic heterocycles. The maximum atomic E-state index is 5.20. The first-order chi connectivity index (χ1) is 3.77. The second-order valence-electron chi connectivity index (χ2n) is 1.10. The number of rotatable bonds is 4. The average Bonchev–Trinajstić information content (AvgIpc) is 1.66. The maximum absolute atomic E-state index is 5.20. The lowest BCUT2D eigenvalue weighted by Gasteiger charge is -1.98. The van der Waals surface area contributed by atoms with Gasteiger partial charge in [-0.2, -0.15) is 4.67 Å². The fourth-order valence-corrected chi connectivity index (χ4v) is 0.554. The Morgan fingerprint density at radius 1 is 1.50 bits per heavy atom. The second-order valence-corrected chi connectivity index (χ2v) is 4.01. The summed E-state index contributed by atoms with van der Waals surface area (Å²) in [6.45, 7) is 1.12. The zero-order valence-corrected chi connectivity index (χ0v) is 6.84. The molecule has 8 heavy (non-hydrogen) atoms. The molecule has 0 aliphatic rings. The minimum absolute atomic E-state index is 0.540. The van der Waals surface area contributed by atoms with E-state index in [1.165, 1.54) is 0 Å². The predicted octanol–water partition coefficient (Wildman–Crippen LogP) is 3.05. The van der Waals surface area contributed by atoms with Crippen LogP contribution in [0.1, 0.15) is 13.3 Å². The molecular formula is C3H7Cl2O2P. The van der Waals surface area contributed by atoms with Crippen molar-refractivity contribution in [3.63, 3.8) is 0 Å². The summed E-state index contributed by atoms with van der Waals surface area (Å²) in [5.41, 5.74) is 0. The van der Waals surface area contributed by atoms with Gasteiger partial charge in [-0.25, -0.2) is 4.89 Å². The summed E-state index contributed by atoms with van der Waals surface area (Å²) in [6.07, 6.45) is 0.900. The molecule has 0 radical (unpaired) electrons. The molecule has 0 aliphatic carbocycles. The van der Waals surface area contributed by atoms with Crippen LogP contribution in [0, 0.1) is 0 Å². The van der Waals surface area contributed by atoms with E-state index >= 15 is 0 Å². The van der Waals surface area contributed by atoms with Gasteiger partial charge in [0.1, 0.15) is 0 Å². The van der Waals surface area contributed by atoms with Crippen molar-refractivity contribution >= 4 is 29.3 Å². The number of halogens is 2. The van der Waals surface area contributed by atoms with Gasteiger partial charge in [0.25, 0.3) is 6.85 Å². The maximum Gasteiger partial charge on any atom is 0.262 e. The van der Waals surface area contributed by atoms with Gasteiger partial charge in [-0.3, -0.25) is 0 Å². The van der Waals surface area contributed by atoms with Crippen molar-refractivity contribution in [2.24, 2.45) is 0 Å². The lowest BCUT2D eigenvalue weighted by atomic mass is 10.5. The zero-order chi connectivity index (χ0) is 6.41. The van der Waals surface area contributed by atoms with E-state index in [1.807, 2.05) is 6.92 Å². The van der Waals surface area contributed by atoms with E-state index in [4.69, 9.17) is 22.5 Å². The molecular weight excluding hydrogens is 170 g/mol. The fraction of sp³-hybridized carbons (Fsp3) is 1.00. The van der Waals surface area contributed by atoms with Gasteiger partial charge in [-0.15, -0.1) is 0 Å². The van der Waals surface area contributed by atoms with Gasteiger partial charge < -0.3 is 0 Å².